The molecule has 0 unspecified atom stereocenters. The molecule has 2 aromatic rings. The second-order valence-corrected chi connectivity index (χ2v) is 8.22. The van der Waals surface area contributed by atoms with Crippen LogP contribution in [0.25, 0.3) is 0 Å². The van der Waals surface area contributed by atoms with E-state index in [9.17, 15) is 35.5 Å². The quantitative estimate of drug-likeness (QED) is 0.518. The highest BCUT2D eigenvalue weighted by Gasteiger charge is 2.59. The molecule has 3 N–H and O–H groups in total. The number of alkyl halides is 6. The molecule has 0 fully saturated rings. The second-order valence-electron chi connectivity index (χ2n) is 7.81. The third-order valence-electron chi connectivity index (χ3n) is 5.16. The second kappa shape index (κ2) is 8.82. The van der Waals surface area contributed by atoms with E-state index in [-0.39, 0.29) is 11.3 Å². The summed E-state index contributed by atoms with van der Waals surface area (Å²) in [5.74, 6) is -2.43. The molecule has 0 spiro atoms. The molecule has 0 bridgehead atoms. The fourth-order valence-electron chi connectivity index (χ4n) is 3.03. The minimum Gasteiger partial charge on any atom is -0.389 e. The summed E-state index contributed by atoms with van der Waals surface area (Å²) < 4.78 is 102. The molecule has 0 radical (unpaired) electrons. The van der Waals surface area contributed by atoms with E-state index in [2.05, 4.69) is 15.3 Å². The fourth-order valence-corrected chi connectivity index (χ4v) is 3.24. The van der Waals surface area contributed by atoms with Gasteiger partial charge in [-0.1, -0.05) is 11.6 Å². The first kappa shape index (κ1) is 26.5. The number of hydrogen-bond donors (Lipinski definition) is 2. The molecule has 190 valence electrons. The number of carbonyl (C=O) groups is 1. The molecule has 2 heterocycles. The number of aromatic nitrogens is 1. The van der Waals surface area contributed by atoms with Gasteiger partial charge in [0.25, 0.3) is 0 Å². The Labute approximate surface area is 198 Å². The molecule has 3 rings (SSSR count). The maximum absolute atomic E-state index is 14.6. The van der Waals surface area contributed by atoms with Crippen molar-refractivity contribution >= 4 is 29.2 Å². The molecule has 1 aliphatic rings. The number of rotatable bonds is 3. The lowest BCUT2D eigenvalue weighted by Crippen LogP contribution is -2.60. The Bertz CT molecular complexity index is 1190. The van der Waals surface area contributed by atoms with Crippen LogP contribution in [0, 0.1) is 5.82 Å². The maximum Gasteiger partial charge on any atom is 0.424 e. The van der Waals surface area contributed by atoms with Crippen LogP contribution in [0.5, 0.6) is 5.88 Å². The molecule has 2 atom stereocenters. The largest absolute Gasteiger partial charge is 0.424 e. The molecule has 1 aliphatic heterocycles. The van der Waals surface area contributed by atoms with Crippen LogP contribution in [0.4, 0.5) is 41.2 Å². The molecule has 0 saturated heterocycles. The number of nitrogens with one attached hydrogen (secondary N) is 1. The van der Waals surface area contributed by atoms with Gasteiger partial charge in [-0.15, -0.1) is 0 Å². The number of nitrogens with two attached hydrogens (primary N) is 1. The molecule has 7 nitrogen and oxygen atoms in total. The van der Waals surface area contributed by atoms with Crippen molar-refractivity contribution in [1.29, 1.82) is 0 Å². The lowest BCUT2D eigenvalue weighted by molar-refractivity contribution is -0.249. The van der Waals surface area contributed by atoms with E-state index in [1.54, 1.807) is 0 Å². The van der Waals surface area contributed by atoms with E-state index in [4.69, 9.17) is 26.8 Å². The summed E-state index contributed by atoms with van der Waals surface area (Å²) >= 11 is 5.68. The zero-order valence-corrected chi connectivity index (χ0v) is 18.6. The normalized spacial score (nSPS) is 23.0. The summed E-state index contributed by atoms with van der Waals surface area (Å²) in [4.78, 5) is 19.4. The maximum atomic E-state index is 14.6. The Kier molecular flexibility index (Phi) is 6.67. The third-order valence-corrected chi connectivity index (χ3v) is 5.43. The Hall–Kier alpha value is -3.13. The number of amides is 1. The van der Waals surface area contributed by atoms with E-state index in [0.29, 0.717) is 19.2 Å². The highest BCUT2D eigenvalue weighted by molar-refractivity contribution is 6.32. The van der Waals surface area contributed by atoms with Crippen LogP contribution in [0.15, 0.2) is 35.5 Å². The number of halogens is 8. The third kappa shape index (κ3) is 5.27. The van der Waals surface area contributed by atoms with Gasteiger partial charge in [0.15, 0.2) is 0 Å². The molecule has 0 aliphatic carbocycles. The first-order valence-electron chi connectivity index (χ1n) is 9.54. The topological polar surface area (TPSA) is 98.8 Å². The molecule has 1 aromatic heterocycles. The van der Waals surface area contributed by atoms with Crippen LogP contribution in [0.3, 0.4) is 0 Å². The van der Waals surface area contributed by atoms with Gasteiger partial charge in [-0.3, -0.25) is 10.3 Å². The van der Waals surface area contributed by atoms with Gasteiger partial charge in [0.1, 0.15) is 22.2 Å². The van der Waals surface area contributed by atoms with Crippen LogP contribution < -0.4 is 15.8 Å². The van der Waals surface area contributed by atoms with Crippen molar-refractivity contribution < 1.29 is 45.0 Å². The van der Waals surface area contributed by atoms with Gasteiger partial charge >= 0.3 is 18.4 Å². The monoisotopic (exact) mass is 528 g/mol. The fraction of sp³-hybridized carbons (Fsp3) is 0.350. The molecular weight excluding hydrogens is 513 g/mol. The van der Waals surface area contributed by atoms with Crippen molar-refractivity contribution in [1.82, 2.24) is 4.98 Å². The smallest absolute Gasteiger partial charge is 0.389 e. The van der Waals surface area contributed by atoms with E-state index in [0.717, 1.165) is 18.2 Å². The number of aliphatic imine (C=N–C) groups is 1. The average Bonchev–Trinajstić information content (AvgIpc) is 2.72. The van der Waals surface area contributed by atoms with E-state index in [1.807, 2.05) is 0 Å². The molecule has 1 aromatic carbocycles. The van der Waals surface area contributed by atoms with Crippen LogP contribution in [0.2, 0.25) is 5.02 Å². The molecule has 15 heteroatoms. The number of ether oxygens (including phenoxy) is 2. The predicted octanol–water partition coefficient (Wildman–Crippen LogP) is 5.43. The van der Waals surface area contributed by atoms with Gasteiger partial charge in [-0.25, -0.2) is 14.2 Å². The standard InChI is InChI=1S/C20H16ClF7N4O3/c1-17(8-34-18(2,15(29)32-17)20(26,27)28)11-6-10(3-4-13(11)22)31-16(33)35-14-12(21)5-9(7-30-14)19(23,24)25/h3-7H,8H2,1-2H3,(H2,29,32)(H,31,33)/t17-,18+/m0/s1. The summed E-state index contributed by atoms with van der Waals surface area (Å²) in [6, 6.07) is 3.58. The lowest BCUT2D eigenvalue weighted by Gasteiger charge is -2.41. The van der Waals surface area contributed by atoms with Crippen molar-refractivity contribution in [3.63, 3.8) is 0 Å². The van der Waals surface area contributed by atoms with Crippen molar-refractivity contribution in [2.75, 3.05) is 11.9 Å². The van der Waals surface area contributed by atoms with Crippen LogP contribution in [0.1, 0.15) is 25.0 Å². The Morgan fingerprint density at radius 3 is 2.40 bits per heavy atom. The summed E-state index contributed by atoms with van der Waals surface area (Å²) in [6.45, 7) is 1.28. The van der Waals surface area contributed by atoms with Crippen LogP contribution in [-0.4, -0.2) is 35.3 Å². The van der Waals surface area contributed by atoms with Gasteiger partial charge < -0.3 is 15.2 Å². The van der Waals surface area contributed by atoms with Crippen molar-refractivity contribution in [3.05, 3.63) is 52.4 Å². The SMILES string of the molecule is C[C@@]1(c2cc(NC(=O)Oc3ncc(C(F)(F)F)cc3Cl)ccc2F)CO[C@@](C)(C(F)(F)F)C(N)=N1. The summed E-state index contributed by atoms with van der Waals surface area (Å²) in [5.41, 5.74) is -0.534. The minimum absolute atomic E-state index is 0.0893. The predicted molar refractivity (Wildman–Crippen MR) is 110 cm³/mol. The number of nitrogens with zero attached hydrogens (tertiary/aromatic N) is 2. The highest BCUT2D eigenvalue weighted by atomic mass is 35.5. The Balaban J connectivity index is 1.82. The minimum atomic E-state index is -4.87. The van der Waals surface area contributed by atoms with E-state index >= 15 is 0 Å². The Morgan fingerprint density at radius 1 is 1.20 bits per heavy atom. The zero-order chi connectivity index (χ0) is 26.4. The van der Waals surface area contributed by atoms with Gasteiger partial charge in [0.05, 0.1) is 12.2 Å². The first-order chi connectivity index (χ1) is 16.0. The van der Waals surface area contributed by atoms with Crippen molar-refractivity contribution in [2.24, 2.45) is 10.7 Å². The Morgan fingerprint density at radius 2 is 1.86 bits per heavy atom. The lowest BCUT2D eigenvalue weighted by atomic mass is 9.89. The summed E-state index contributed by atoms with van der Waals surface area (Å²) in [7, 11) is 0. The highest BCUT2D eigenvalue weighted by Crippen LogP contribution is 2.41. The molecular formula is C20H16ClF7N4O3. The van der Waals surface area contributed by atoms with Gasteiger partial charge in [0.2, 0.25) is 11.5 Å². The van der Waals surface area contributed by atoms with Crippen LogP contribution >= 0.6 is 11.6 Å². The number of anilines is 1. The number of amidine groups is 1. The molecule has 0 saturated carbocycles. The van der Waals surface area contributed by atoms with Gasteiger partial charge in [-0.2, -0.15) is 26.3 Å². The number of benzene rings is 1. The summed E-state index contributed by atoms with van der Waals surface area (Å²) in [5, 5.41) is 1.59. The number of carbonyl (C=O) groups excluding carboxylic acids is 1. The van der Waals surface area contributed by atoms with E-state index in [1.165, 1.54) is 6.92 Å². The summed E-state index contributed by atoms with van der Waals surface area (Å²) in [6.07, 6.45) is -10.4. The number of pyridine rings is 1. The van der Waals surface area contributed by atoms with E-state index < -0.39 is 64.3 Å². The first-order valence-corrected chi connectivity index (χ1v) is 9.92. The van der Waals surface area contributed by atoms with Crippen molar-refractivity contribution in [3.8, 4) is 5.88 Å². The van der Waals surface area contributed by atoms with Crippen molar-refractivity contribution in [2.45, 2.75) is 37.3 Å². The van der Waals surface area contributed by atoms with Gasteiger partial charge in [-0.05, 0) is 38.1 Å². The average molecular weight is 529 g/mol. The zero-order valence-electron chi connectivity index (χ0n) is 17.8. The molecule has 1 amide bonds. The van der Waals surface area contributed by atoms with Gasteiger partial charge in [0, 0.05) is 17.4 Å². The van der Waals surface area contributed by atoms with Crippen LogP contribution in [-0.2, 0) is 16.5 Å². The molecule has 35 heavy (non-hydrogen) atoms. The number of hydrogen-bond acceptors (Lipinski definition) is 6.